The normalized spacial score (nSPS) is 16.1. The summed E-state index contributed by atoms with van der Waals surface area (Å²) in [6, 6.07) is 9.53. The zero-order valence-electron chi connectivity index (χ0n) is 17.6. The van der Waals surface area contributed by atoms with Gasteiger partial charge in [-0.2, -0.15) is 0 Å². The summed E-state index contributed by atoms with van der Waals surface area (Å²) in [6.07, 6.45) is 0.262. The number of hydrogen-bond donors (Lipinski definition) is 0. The van der Waals surface area contributed by atoms with Crippen LogP contribution in [0.25, 0.3) is 11.0 Å². The highest BCUT2D eigenvalue weighted by molar-refractivity contribution is 6.42. The minimum atomic E-state index is -0.503. The maximum absolute atomic E-state index is 14.4. The fourth-order valence-electron chi connectivity index (χ4n) is 4.17. The predicted molar refractivity (Wildman–Crippen MR) is 122 cm³/mol. The molecule has 1 saturated heterocycles. The van der Waals surface area contributed by atoms with Gasteiger partial charge in [-0.15, -0.1) is 0 Å². The number of piperazine rings is 1. The van der Waals surface area contributed by atoms with Gasteiger partial charge < -0.3 is 14.4 Å². The number of hydrogen-bond acceptors (Lipinski definition) is 3. The fourth-order valence-corrected chi connectivity index (χ4v) is 4.48. The molecule has 4 rings (SSSR count). The first-order chi connectivity index (χ1) is 14.9. The summed E-state index contributed by atoms with van der Waals surface area (Å²) >= 11 is 12.5. The van der Waals surface area contributed by atoms with Gasteiger partial charge in [-0.05, 0) is 37.2 Å². The lowest BCUT2D eigenvalue weighted by molar-refractivity contribution is -0.136. The molecule has 1 fully saturated rings. The van der Waals surface area contributed by atoms with Gasteiger partial charge in [0.05, 0.1) is 21.1 Å². The van der Waals surface area contributed by atoms with E-state index in [1.54, 1.807) is 30.3 Å². The van der Waals surface area contributed by atoms with E-state index in [1.165, 1.54) is 6.07 Å². The molecule has 1 aliphatic rings. The van der Waals surface area contributed by atoms with Crippen LogP contribution in [0.1, 0.15) is 31.3 Å². The van der Waals surface area contributed by atoms with Crippen molar-refractivity contribution in [3.63, 3.8) is 0 Å². The zero-order chi connectivity index (χ0) is 22.1. The lowest BCUT2D eigenvalue weighted by Gasteiger charge is -2.35. The van der Waals surface area contributed by atoms with Gasteiger partial charge in [0.15, 0.2) is 0 Å². The Morgan fingerprint density at radius 2 is 1.81 bits per heavy atom. The molecule has 2 aromatic carbocycles. The molecule has 1 unspecified atom stereocenters. The molecular formula is C23H25Cl2FN4O. The Hall–Kier alpha value is -2.15. The van der Waals surface area contributed by atoms with E-state index in [9.17, 15) is 9.18 Å². The van der Waals surface area contributed by atoms with Crippen molar-refractivity contribution < 1.29 is 9.18 Å². The van der Waals surface area contributed by atoms with Crippen molar-refractivity contribution in [3.8, 4) is 0 Å². The Bertz CT molecular complexity index is 1110. The van der Waals surface area contributed by atoms with Gasteiger partial charge >= 0.3 is 0 Å². The second kappa shape index (κ2) is 9.15. The molecule has 1 atom stereocenters. The first-order valence-electron chi connectivity index (χ1n) is 10.5. The first-order valence-corrected chi connectivity index (χ1v) is 11.2. The molecule has 0 saturated carbocycles. The van der Waals surface area contributed by atoms with Crippen LogP contribution in [-0.4, -0.2) is 58.0 Å². The van der Waals surface area contributed by atoms with E-state index in [0.29, 0.717) is 45.6 Å². The number of nitrogens with zero attached hydrogens (tertiary/aromatic N) is 4. The minimum absolute atomic E-state index is 0.0240. The van der Waals surface area contributed by atoms with Gasteiger partial charge in [0, 0.05) is 32.6 Å². The number of benzene rings is 2. The highest BCUT2D eigenvalue weighted by Gasteiger charge is 2.28. The fraction of sp³-hybridized carbons (Fsp3) is 0.391. The molecule has 31 heavy (non-hydrogen) atoms. The van der Waals surface area contributed by atoms with Crippen molar-refractivity contribution in [3.05, 3.63) is 63.6 Å². The molecule has 1 aromatic heterocycles. The Balaban J connectivity index is 1.73. The van der Waals surface area contributed by atoms with Gasteiger partial charge in [-0.25, -0.2) is 9.37 Å². The van der Waals surface area contributed by atoms with Gasteiger partial charge in [-0.1, -0.05) is 48.3 Å². The molecule has 3 aromatic rings. The van der Waals surface area contributed by atoms with Gasteiger partial charge in [-0.3, -0.25) is 4.79 Å². The standard InChI is InChI=1S/C23H25Cl2FN4O/c1-3-28-8-10-29(11-9-28)23(31)15(2)30-21-14-18(25)17(24)13-20(21)27-22(30)12-16-6-4-5-7-19(16)26/h4-7,13-15H,3,8-12H2,1-2H3. The van der Waals surface area contributed by atoms with Crippen molar-refractivity contribution in [2.24, 2.45) is 0 Å². The number of likely N-dealkylation sites (N-methyl/N-ethyl adjacent to an activating group) is 1. The molecule has 1 aliphatic heterocycles. The van der Waals surface area contributed by atoms with Crippen LogP contribution in [0, 0.1) is 5.82 Å². The third-order valence-electron chi connectivity index (χ3n) is 5.99. The lowest BCUT2D eigenvalue weighted by Crippen LogP contribution is -2.50. The first kappa shape index (κ1) is 22.1. The number of amides is 1. The summed E-state index contributed by atoms with van der Waals surface area (Å²) < 4.78 is 16.2. The van der Waals surface area contributed by atoms with Crippen molar-refractivity contribution in [1.29, 1.82) is 0 Å². The number of halogens is 3. The zero-order valence-corrected chi connectivity index (χ0v) is 19.1. The molecule has 0 radical (unpaired) electrons. The van der Waals surface area contributed by atoms with Gasteiger partial charge in [0.25, 0.3) is 0 Å². The van der Waals surface area contributed by atoms with Crippen LogP contribution >= 0.6 is 23.2 Å². The third-order valence-corrected chi connectivity index (χ3v) is 6.71. The second-order valence-electron chi connectivity index (χ2n) is 7.86. The quantitative estimate of drug-likeness (QED) is 0.546. The Morgan fingerprint density at radius 1 is 1.13 bits per heavy atom. The SMILES string of the molecule is CCN1CCN(C(=O)C(C)n2c(Cc3ccccc3F)nc3cc(Cl)c(Cl)cc32)CC1. The topological polar surface area (TPSA) is 41.4 Å². The monoisotopic (exact) mass is 462 g/mol. The summed E-state index contributed by atoms with van der Waals surface area (Å²) in [7, 11) is 0. The number of fused-ring (bicyclic) bond motifs is 1. The molecule has 164 valence electrons. The molecule has 0 bridgehead atoms. The summed E-state index contributed by atoms with van der Waals surface area (Å²) in [6.45, 7) is 8.09. The maximum atomic E-state index is 14.4. The maximum Gasteiger partial charge on any atom is 0.245 e. The number of rotatable bonds is 5. The van der Waals surface area contributed by atoms with Crippen LogP contribution < -0.4 is 0 Å². The largest absolute Gasteiger partial charge is 0.338 e. The molecule has 0 N–H and O–H groups in total. The summed E-state index contributed by atoms with van der Waals surface area (Å²) in [5, 5.41) is 0.787. The van der Waals surface area contributed by atoms with Crippen molar-refractivity contribution in [2.75, 3.05) is 32.7 Å². The molecule has 0 aliphatic carbocycles. The van der Waals surface area contributed by atoms with Crippen molar-refractivity contribution in [1.82, 2.24) is 19.4 Å². The summed E-state index contributed by atoms with van der Waals surface area (Å²) in [5.74, 6) is 0.328. The molecular weight excluding hydrogens is 438 g/mol. The Labute approximate surface area is 191 Å². The molecule has 5 nitrogen and oxygen atoms in total. The lowest BCUT2D eigenvalue weighted by atomic mass is 10.1. The summed E-state index contributed by atoms with van der Waals surface area (Å²) in [5.41, 5.74) is 1.87. The van der Waals surface area contributed by atoms with Crippen LogP contribution in [0.3, 0.4) is 0 Å². The van der Waals surface area contributed by atoms with E-state index in [2.05, 4.69) is 11.8 Å². The van der Waals surface area contributed by atoms with Crippen LogP contribution in [0.5, 0.6) is 0 Å². The molecule has 1 amide bonds. The second-order valence-corrected chi connectivity index (χ2v) is 8.67. The van der Waals surface area contributed by atoms with Crippen molar-refractivity contribution >= 4 is 40.1 Å². The average molecular weight is 463 g/mol. The van der Waals surface area contributed by atoms with E-state index < -0.39 is 6.04 Å². The highest BCUT2D eigenvalue weighted by atomic mass is 35.5. The van der Waals surface area contributed by atoms with E-state index in [4.69, 9.17) is 28.2 Å². The third kappa shape index (κ3) is 4.43. The van der Waals surface area contributed by atoms with Crippen LogP contribution in [0.2, 0.25) is 10.0 Å². The van der Waals surface area contributed by atoms with Crippen LogP contribution in [0.15, 0.2) is 36.4 Å². The van der Waals surface area contributed by atoms with E-state index >= 15 is 0 Å². The van der Waals surface area contributed by atoms with E-state index in [1.807, 2.05) is 16.4 Å². The molecule has 2 heterocycles. The van der Waals surface area contributed by atoms with Crippen LogP contribution in [0.4, 0.5) is 4.39 Å². The highest BCUT2D eigenvalue weighted by Crippen LogP contribution is 2.31. The van der Waals surface area contributed by atoms with E-state index in [0.717, 1.165) is 19.6 Å². The number of aromatic nitrogens is 2. The van der Waals surface area contributed by atoms with E-state index in [-0.39, 0.29) is 18.1 Å². The minimum Gasteiger partial charge on any atom is -0.338 e. The predicted octanol–water partition coefficient (Wildman–Crippen LogP) is 4.80. The van der Waals surface area contributed by atoms with Crippen molar-refractivity contribution in [2.45, 2.75) is 26.3 Å². The number of imidazole rings is 1. The Kier molecular flexibility index (Phi) is 6.51. The summed E-state index contributed by atoms with van der Waals surface area (Å²) in [4.78, 5) is 22.3. The molecule has 0 spiro atoms. The van der Waals surface area contributed by atoms with Gasteiger partial charge in [0.2, 0.25) is 5.91 Å². The smallest absolute Gasteiger partial charge is 0.245 e. The van der Waals surface area contributed by atoms with Gasteiger partial charge in [0.1, 0.15) is 17.7 Å². The average Bonchev–Trinajstić information content (AvgIpc) is 3.11. The number of carbonyl (C=O) groups is 1. The molecule has 8 heteroatoms. The Morgan fingerprint density at radius 3 is 2.48 bits per heavy atom. The van der Waals surface area contributed by atoms with Crippen LogP contribution in [-0.2, 0) is 11.2 Å². The number of carbonyl (C=O) groups excluding carboxylic acids is 1.